The van der Waals surface area contributed by atoms with Gasteiger partial charge in [0.25, 0.3) is 0 Å². The quantitative estimate of drug-likeness (QED) is 0.370. The highest BCUT2D eigenvalue weighted by Gasteiger charge is 2.36. The molecule has 0 fully saturated rings. The molecule has 0 bridgehead atoms. The highest BCUT2D eigenvalue weighted by molar-refractivity contribution is 14.1. The van der Waals surface area contributed by atoms with Crippen molar-refractivity contribution in [1.29, 1.82) is 0 Å². The normalized spacial score (nSPS) is 13.7. The molecule has 0 unspecified atom stereocenters. The van der Waals surface area contributed by atoms with Gasteiger partial charge in [0.1, 0.15) is 0 Å². The molecule has 0 aliphatic heterocycles. The Morgan fingerprint density at radius 1 is 1.20 bits per heavy atom. The predicted octanol–water partition coefficient (Wildman–Crippen LogP) is 5.13. The highest BCUT2D eigenvalue weighted by Crippen LogP contribution is 2.36. The van der Waals surface area contributed by atoms with Crippen molar-refractivity contribution in [2.75, 3.05) is 6.61 Å². The van der Waals surface area contributed by atoms with E-state index in [1.807, 2.05) is 0 Å². The molecule has 0 rings (SSSR count). The first-order valence-electron chi connectivity index (χ1n) is 5.70. The number of hydrogen-bond donors (Lipinski definition) is 0. The van der Waals surface area contributed by atoms with E-state index >= 15 is 0 Å². The van der Waals surface area contributed by atoms with Crippen molar-refractivity contribution in [2.45, 2.75) is 58.2 Å². The van der Waals surface area contributed by atoms with Gasteiger partial charge in [-0.3, -0.25) is 0 Å². The molecule has 0 radical (unpaired) electrons. The van der Waals surface area contributed by atoms with Crippen molar-refractivity contribution < 1.29 is 4.43 Å². The lowest BCUT2D eigenvalue weighted by molar-refractivity contribution is 0.279. The molecule has 15 heavy (non-hydrogen) atoms. The van der Waals surface area contributed by atoms with Crippen LogP contribution in [-0.2, 0) is 4.43 Å². The van der Waals surface area contributed by atoms with Gasteiger partial charge in [-0.15, -0.1) is 0 Å². The maximum absolute atomic E-state index is 6.09. The molecular formula is C12H25IOSi. The summed E-state index contributed by atoms with van der Waals surface area (Å²) < 4.78 is 8.18. The summed E-state index contributed by atoms with van der Waals surface area (Å²) in [7, 11) is -1.49. The van der Waals surface area contributed by atoms with Gasteiger partial charge in [-0.05, 0) is 41.5 Å². The lowest BCUT2D eigenvalue weighted by atomic mass is 10.2. The van der Waals surface area contributed by atoms with E-state index in [2.05, 4.69) is 66.6 Å². The summed E-state index contributed by atoms with van der Waals surface area (Å²) in [6.45, 7) is 12.4. The Morgan fingerprint density at radius 2 is 1.80 bits per heavy atom. The van der Waals surface area contributed by atoms with Crippen LogP contribution in [0.4, 0.5) is 0 Å². The summed E-state index contributed by atoms with van der Waals surface area (Å²) >= 11 is 2.27. The van der Waals surface area contributed by atoms with Crippen molar-refractivity contribution in [3.8, 4) is 0 Å². The van der Waals surface area contributed by atoms with Crippen LogP contribution < -0.4 is 0 Å². The third-order valence-corrected chi connectivity index (χ3v) is 8.17. The van der Waals surface area contributed by atoms with E-state index in [4.69, 9.17) is 4.43 Å². The zero-order valence-electron chi connectivity index (χ0n) is 10.8. The molecule has 0 amide bonds. The number of unbranched alkanes of at least 4 members (excludes halogenated alkanes) is 2. The van der Waals surface area contributed by atoms with Crippen LogP contribution in [-0.4, -0.2) is 14.9 Å². The second-order valence-electron chi connectivity index (χ2n) is 5.47. The fraction of sp³-hybridized carbons (Fsp3) is 0.833. The van der Waals surface area contributed by atoms with Crippen LogP contribution in [0.25, 0.3) is 0 Å². The Kier molecular flexibility index (Phi) is 7.37. The number of allylic oxidation sites excluding steroid dienone is 1. The Hall–Kier alpha value is 0.647. The number of hydrogen-bond acceptors (Lipinski definition) is 1. The van der Waals surface area contributed by atoms with Crippen molar-refractivity contribution in [2.24, 2.45) is 0 Å². The fourth-order valence-electron chi connectivity index (χ4n) is 0.971. The average Bonchev–Trinajstić information content (AvgIpc) is 2.09. The van der Waals surface area contributed by atoms with E-state index in [1.165, 1.54) is 19.3 Å². The maximum Gasteiger partial charge on any atom is 0.191 e. The van der Waals surface area contributed by atoms with E-state index in [9.17, 15) is 0 Å². The molecular weight excluding hydrogens is 315 g/mol. The van der Waals surface area contributed by atoms with Gasteiger partial charge in [-0.1, -0.05) is 49.4 Å². The molecule has 0 aliphatic carbocycles. The minimum absolute atomic E-state index is 0.342. The van der Waals surface area contributed by atoms with Crippen molar-refractivity contribution >= 4 is 30.9 Å². The smallest absolute Gasteiger partial charge is 0.191 e. The van der Waals surface area contributed by atoms with Crippen LogP contribution in [0.1, 0.15) is 40.0 Å². The van der Waals surface area contributed by atoms with Crippen LogP contribution in [0.15, 0.2) is 10.2 Å². The fourth-order valence-corrected chi connectivity index (χ4v) is 2.42. The Morgan fingerprint density at radius 3 is 2.27 bits per heavy atom. The van der Waals surface area contributed by atoms with Gasteiger partial charge in [-0.2, -0.15) is 0 Å². The topological polar surface area (TPSA) is 9.23 Å². The highest BCUT2D eigenvalue weighted by atomic mass is 127. The van der Waals surface area contributed by atoms with Gasteiger partial charge in [0.15, 0.2) is 8.32 Å². The molecule has 0 aromatic carbocycles. The lowest BCUT2D eigenvalue weighted by Crippen LogP contribution is -2.40. The van der Waals surface area contributed by atoms with Crippen molar-refractivity contribution in [1.82, 2.24) is 0 Å². The molecule has 3 heteroatoms. The third-order valence-electron chi connectivity index (χ3n) is 3.12. The van der Waals surface area contributed by atoms with Crippen LogP contribution >= 0.6 is 22.6 Å². The van der Waals surface area contributed by atoms with E-state index < -0.39 is 8.32 Å². The Balaban J connectivity index is 3.67. The summed E-state index contributed by atoms with van der Waals surface area (Å²) in [5, 5.41) is 0.342. The minimum atomic E-state index is -1.49. The minimum Gasteiger partial charge on any atom is -0.417 e. The Bertz CT molecular complexity index is 194. The van der Waals surface area contributed by atoms with Crippen LogP contribution in [0, 0.1) is 0 Å². The van der Waals surface area contributed by atoms with Gasteiger partial charge in [0, 0.05) is 6.61 Å². The number of rotatable bonds is 6. The second kappa shape index (κ2) is 7.07. The molecule has 0 heterocycles. The molecule has 0 saturated carbocycles. The van der Waals surface area contributed by atoms with Crippen LogP contribution in [0.2, 0.25) is 18.1 Å². The monoisotopic (exact) mass is 340 g/mol. The molecule has 0 saturated heterocycles. The molecule has 0 spiro atoms. The van der Waals surface area contributed by atoms with E-state index in [0.29, 0.717) is 5.04 Å². The van der Waals surface area contributed by atoms with Crippen LogP contribution in [0.5, 0.6) is 0 Å². The third kappa shape index (κ3) is 6.74. The van der Waals surface area contributed by atoms with E-state index in [0.717, 1.165) is 6.61 Å². The summed E-state index contributed by atoms with van der Waals surface area (Å²) in [5.41, 5.74) is 0. The van der Waals surface area contributed by atoms with Crippen LogP contribution in [0.3, 0.4) is 0 Å². The zero-order chi connectivity index (χ0) is 11.9. The Labute approximate surface area is 110 Å². The summed E-state index contributed by atoms with van der Waals surface area (Å²) in [4.78, 5) is 0. The van der Waals surface area contributed by atoms with E-state index in [-0.39, 0.29) is 0 Å². The standard InChI is InChI=1S/C12H25IOSi/c1-12(2,3)15(4,5)14-11-9-7-6-8-10-13/h8,10H,6-7,9,11H2,1-5H3/b10-8-. The summed E-state index contributed by atoms with van der Waals surface area (Å²) in [5.74, 6) is 0. The van der Waals surface area contributed by atoms with Gasteiger partial charge < -0.3 is 4.43 Å². The average molecular weight is 340 g/mol. The SMILES string of the molecule is CC(C)(C)[Si](C)(C)OCCCC/C=C\I. The first-order chi connectivity index (χ1) is 6.81. The summed E-state index contributed by atoms with van der Waals surface area (Å²) in [6.07, 6.45) is 5.83. The van der Waals surface area contributed by atoms with E-state index in [1.54, 1.807) is 0 Å². The van der Waals surface area contributed by atoms with Gasteiger partial charge in [0.05, 0.1) is 0 Å². The maximum atomic E-state index is 6.09. The first-order valence-corrected chi connectivity index (χ1v) is 9.86. The zero-order valence-corrected chi connectivity index (χ0v) is 13.9. The van der Waals surface area contributed by atoms with Gasteiger partial charge in [-0.25, -0.2) is 0 Å². The molecule has 0 N–H and O–H groups in total. The first kappa shape index (κ1) is 15.6. The lowest BCUT2D eigenvalue weighted by Gasteiger charge is -2.36. The van der Waals surface area contributed by atoms with Gasteiger partial charge >= 0.3 is 0 Å². The molecule has 0 aromatic rings. The largest absolute Gasteiger partial charge is 0.417 e. The number of halogens is 1. The molecule has 0 aromatic heterocycles. The molecule has 1 nitrogen and oxygen atoms in total. The molecule has 0 atom stereocenters. The molecule has 0 aliphatic rings. The van der Waals surface area contributed by atoms with Crippen molar-refractivity contribution in [3.05, 3.63) is 10.2 Å². The summed E-state index contributed by atoms with van der Waals surface area (Å²) in [6, 6.07) is 0. The second-order valence-corrected chi connectivity index (χ2v) is 11.0. The van der Waals surface area contributed by atoms with Gasteiger partial charge in [0.2, 0.25) is 0 Å². The predicted molar refractivity (Wildman–Crippen MR) is 80.2 cm³/mol. The molecule has 90 valence electrons. The van der Waals surface area contributed by atoms with Crippen molar-refractivity contribution in [3.63, 3.8) is 0 Å².